The zero-order valence-corrected chi connectivity index (χ0v) is 14.6. The van der Waals surface area contributed by atoms with Gasteiger partial charge in [-0.2, -0.15) is 0 Å². The highest BCUT2D eigenvalue weighted by Crippen LogP contribution is 2.51. The van der Waals surface area contributed by atoms with Crippen LogP contribution >= 0.6 is 12.4 Å². The number of rotatable bonds is 1. The molecule has 0 saturated carbocycles. The quantitative estimate of drug-likeness (QED) is 0.808. The highest BCUT2D eigenvalue weighted by molar-refractivity contribution is 6.05. The topological polar surface area (TPSA) is 88.3 Å². The zero-order chi connectivity index (χ0) is 15.6. The Kier molecular flexibility index (Phi) is 4.31. The van der Waals surface area contributed by atoms with Crippen LogP contribution in [0.3, 0.4) is 0 Å². The van der Waals surface area contributed by atoms with Gasteiger partial charge in [0.2, 0.25) is 12.6 Å². The molecule has 0 aromatic heterocycles. The minimum atomic E-state index is -0.274. The van der Waals surface area contributed by atoms with Gasteiger partial charge in [-0.05, 0) is 53.8 Å². The molecule has 2 aliphatic heterocycles. The van der Waals surface area contributed by atoms with Gasteiger partial charge in [0.05, 0.1) is 7.11 Å². The van der Waals surface area contributed by atoms with Gasteiger partial charge >= 0.3 is 0 Å². The summed E-state index contributed by atoms with van der Waals surface area (Å²) < 4.78 is 16.4. The van der Waals surface area contributed by atoms with E-state index in [4.69, 9.17) is 14.2 Å². The molecule has 2 atom stereocenters. The maximum atomic E-state index is 12.2. The molecule has 1 saturated heterocycles. The number of ketones is 1. The molecule has 134 valence electrons. The highest BCUT2D eigenvalue weighted by atomic mass is 35.5. The van der Waals surface area contributed by atoms with Crippen molar-refractivity contribution in [2.75, 3.05) is 20.4 Å². The van der Waals surface area contributed by atoms with E-state index >= 15 is 0 Å². The van der Waals surface area contributed by atoms with Gasteiger partial charge in [0, 0.05) is 18.0 Å². The lowest BCUT2D eigenvalue weighted by molar-refractivity contribution is -0.114. The lowest BCUT2D eigenvalue weighted by Gasteiger charge is -2.48. The Labute approximate surface area is 151 Å². The lowest BCUT2D eigenvalue weighted by Crippen LogP contribution is -2.53. The molecule has 2 aliphatic carbocycles. The first-order valence-electron chi connectivity index (χ1n) is 7.88. The largest absolute Gasteiger partial charge is 0.493 e. The van der Waals surface area contributed by atoms with E-state index in [1.165, 1.54) is 11.1 Å². The summed E-state index contributed by atoms with van der Waals surface area (Å²) in [6, 6.07) is 4.57. The van der Waals surface area contributed by atoms with Crippen molar-refractivity contribution in [1.29, 1.82) is 0 Å². The van der Waals surface area contributed by atoms with E-state index in [1.807, 2.05) is 6.08 Å². The van der Waals surface area contributed by atoms with E-state index in [0.717, 1.165) is 36.5 Å². The molecule has 7 heteroatoms. The fourth-order valence-corrected chi connectivity index (χ4v) is 4.36. The minimum absolute atomic E-state index is 0. The van der Waals surface area contributed by atoms with Crippen LogP contribution in [0.1, 0.15) is 17.5 Å². The molecule has 3 N–H and O–H groups in total. The molecule has 2 unspecified atom stereocenters. The second-order valence-electron chi connectivity index (χ2n) is 6.57. The van der Waals surface area contributed by atoms with Crippen LogP contribution in [0.2, 0.25) is 0 Å². The second-order valence-corrected chi connectivity index (χ2v) is 6.57. The van der Waals surface area contributed by atoms with Gasteiger partial charge in [-0.3, -0.25) is 4.79 Å². The van der Waals surface area contributed by atoms with E-state index in [0.29, 0.717) is 11.8 Å². The third-order valence-corrected chi connectivity index (χ3v) is 5.41. The van der Waals surface area contributed by atoms with E-state index in [-0.39, 0.29) is 35.9 Å². The van der Waals surface area contributed by atoms with Crippen molar-refractivity contribution in [3.63, 3.8) is 0 Å². The van der Waals surface area contributed by atoms with E-state index in [9.17, 15) is 4.79 Å². The van der Waals surface area contributed by atoms with Crippen LogP contribution < -0.4 is 14.8 Å². The third kappa shape index (κ3) is 2.36. The van der Waals surface area contributed by atoms with Gasteiger partial charge in [-0.15, -0.1) is 12.4 Å². The Hall–Kier alpha value is -2.02. The van der Waals surface area contributed by atoms with Gasteiger partial charge in [-0.25, -0.2) is 0 Å². The Morgan fingerprint density at radius 1 is 1.28 bits per heavy atom. The molecule has 4 aliphatic rings. The molecule has 25 heavy (non-hydrogen) atoms. The SMILES string of the molecule is COC1=CC23CC(Cc4cc5c(cc42)OCO5)NCC3=CC1=O.Cl.O. The molecular weight excluding hydrogens is 346 g/mol. The minimum Gasteiger partial charge on any atom is -0.493 e. The van der Waals surface area contributed by atoms with E-state index in [2.05, 4.69) is 17.4 Å². The van der Waals surface area contributed by atoms with E-state index in [1.54, 1.807) is 13.2 Å². The number of piperidine rings is 1. The number of carbonyl (C=O) groups excluding carboxylic acids is 1. The molecule has 0 amide bonds. The van der Waals surface area contributed by atoms with Crippen molar-refractivity contribution in [3.8, 4) is 11.5 Å². The summed E-state index contributed by atoms with van der Waals surface area (Å²) in [5.74, 6) is 1.98. The second kappa shape index (κ2) is 6.05. The Morgan fingerprint density at radius 2 is 2.04 bits per heavy atom. The fraction of sp³-hybridized carbons (Fsp3) is 0.389. The Bertz CT molecular complexity index is 803. The van der Waals surface area contributed by atoms with Crippen molar-refractivity contribution in [2.24, 2.45) is 0 Å². The van der Waals surface area contributed by atoms with Crippen LogP contribution in [0.15, 0.2) is 35.6 Å². The predicted molar refractivity (Wildman–Crippen MR) is 93.4 cm³/mol. The standard InChI is InChI=1S/C18H17NO4.ClH.H2O/c1-21-17-7-18-6-12(19-8-11(18)4-14(17)20)2-10-3-15-16(5-13(10)18)23-9-22-15;;/h3-5,7,12,19H,2,6,8-9H2,1H3;1H;1H2. The summed E-state index contributed by atoms with van der Waals surface area (Å²) in [5.41, 5.74) is 3.31. The molecule has 1 fully saturated rings. The van der Waals surface area contributed by atoms with Crippen molar-refractivity contribution >= 4 is 18.2 Å². The van der Waals surface area contributed by atoms with Crippen molar-refractivity contribution in [1.82, 2.24) is 5.32 Å². The molecule has 2 bridgehead atoms. The molecule has 0 radical (unpaired) electrons. The van der Waals surface area contributed by atoms with Crippen LogP contribution in [-0.4, -0.2) is 37.7 Å². The van der Waals surface area contributed by atoms with Gasteiger partial charge in [0.15, 0.2) is 17.3 Å². The summed E-state index contributed by atoms with van der Waals surface area (Å²) in [5, 5.41) is 3.54. The number of carbonyl (C=O) groups is 1. The van der Waals surface area contributed by atoms with Gasteiger partial charge in [-0.1, -0.05) is 0 Å². The van der Waals surface area contributed by atoms with Gasteiger partial charge < -0.3 is 25.0 Å². The number of nitrogens with one attached hydrogen (secondary N) is 1. The summed E-state index contributed by atoms with van der Waals surface area (Å²) in [7, 11) is 1.56. The Morgan fingerprint density at radius 3 is 2.80 bits per heavy atom. The smallest absolute Gasteiger partial charge is 0.231 e. The normalized spacial score (nSPS) is 27.7. The van der Waals surface area contributed by atoms with Crippen LogP contribution in [-0.2, 0) is 21.4 Å². The number of fused-ring (bicyclic) bond motifs is 3. The van der Waals surface area contributed by atoms with Gasteiger partial charge in [0.1, 0.15) is 0 Å². The number of hydrogen-bond acceptors (Lipinski definition) is 5. The lowest BCUT2D eigenvalue weighted by atomic mass is 9.60. The highest BCUT2D eigenvalue weighted by Gasteiger charge is 2.48. The first kappa shape index (κ1) is 17.8. The summed E-state index contributed by atoms with van der Waals surface area (Å²) in [6.45, 7) is 1.00. The Balaban J connectivity index is 0.000000911. The number of benzene rings is 1. The maximum Gasteiger partial charge on any atom is 0.231 e. The van der Waals surface area contributed by atoms with Crippen LogP contribution in [0.4, 0.5) is 0 Å². The summed E-state index contributed by atoms with van der Waals surface area (Å²) in [6.07, 6.45) is 5.65. The van der Waals surface area contributed by atoms with Crippen molar-refractivity contribution < 1.29 is 24.5 Å². The van der Waals surface area contributed by atoms with E-state index < -0.39 is 0 Å². The van der Waals surface area contributed by atoms with Crippen LogP contribution in [0.5, 0.6) is 11.5 Å². The average molecular weight is 366 g/mol. The average Bonchev–Trinajstić information content (AvgIpc) is 3.01. The van der Waals surface area contributed by atoms with Crippen molar-refractivity contribution in [2.45, 2.75) is 24.3 Å². The third-order valence-electron chi connectivity index (χ3n) is 5.41. The molecule has 1 spiro atoms. The molecular formula is C18H20ClNO5. The van der Waals surface area contributed by atoms with Gasteiger partial charge in [0.25, 0.3) is 0 Å². The number of hydrogen-bond donors (Lipinski definition) is 1. The molecule has 1 aromatic carbocycles. The molecule has 2 heterocycles. The maximum absolute atomic E-state index is 12.2. The summed E-state index contributed by atoms with van der Waals surface area (Å²) >= 11 is 0. The number of ether oxygens (including phenoxy) is 3. The molecule has 5 rings (SSSR count). The summed E-state index contributed by atoms with van der Waals surface area (Å²) in [4.78, 5) is 12.2. The predicted octanol–water partition coefficient (Wildman–Crippen LogP) is 1.21. The number of allylic oxidation sites excluding steroid dienone is 2. The first-order chi connectivity index (χ1) is 11.2. The first-order valence-corrected chi connectivity index (χ1v) is 7.88. The molecule has 1 aromatic rings. The fourth-order valence-electron chi connectivity index (χ4n) is 4.36. The van der Waals surface area contributed by atoms with Crippen LogP contribution in [0, 0.1) is 0 Å². The monoisotopic (exact) mass is 365 g/mol. The zero-order valence-electron chi connectivity index (χ0n) is 13.8. The number of methoxy groups -OCH3 is 1. The van der Waals surface area contributed by atoms with Crippen LogP contribution in [0.25, 0.3) is 0 Å². The van der Waals surface area contributed by atoms with Crippen molar-refractivity contribution in [3.05, 3.63) is 46.7 Å². The molecule has 6 nitrogen and oxygen atoms in total. The number of halogens is 1.